The van der Waals surface area contributed by atoms with Crippen LogP contribution in [0.5, 0.6) is 0 Å². The van der Waals surface area contributed by atoms with Crippen LogP contribution in [0.1, 0.15) is 22.8 Å². The van der Waals surface area contributed by atoms with Crippen LogP contribution in [0.15, 0.2) is 10.7 Å². The van der Waals surface area contributed by atoms with Crippen molar-refractivity contribution >= 4 is 5.97 Å². The van der Waals surface area contributed by atoms with Crippen molar-refractivity contribution < 1.29 is 22.7 Å². The van der Waals surface area contributed by atoms with E-state index >= 15 is 0 Å². The lowest BCUT2D eigenvalue weighted by Gasteiger charge is -1.89. The predicted molar refractivity (Wildman–Crippen MR) is 32.8 cm³/mol. The molecule has 0 aliphatic rings. The Morgan fingerprint density at radius 1 is 1.75 bits per heavy atom. The number of methoxy groups -OCH3 is 1. The average molecular weight is 177 g/mol. The van der Waals surface area contributed by atoms with E-state index in [1.54, 1.807) is 0 Å². The smallest absolute Gasteiger partial charge is 0.360 e. The van der Waals surface area contributed by atoms with Gasteiger partial charge >= 0.3 is 12.4 Å². The highest BCUT2D eigenvalue weighted by molar-refractivity contribution is 5.86. The first kappa shape index (κ1) is 8.63. The fraction of sp³-hybridized carbons (Fsp3) is 0.333. The Morgan fingerprint density at radius 3 is 2.83 bits per heavy atom. The van der Waals surface area contributed by atoms with Gasteiger partial charge in [-0.2, -0.15) is 8.78 Å². The number of hydrogen-bond donors (Lipinski definition) is 0. The summed E-state index contributed by atoms with van der Waals surface area (Å²) in [5.41, 5.74) is -0.257. The molecule has 0 unspecified atom stereocenters. The number of ether oxygens (including phenoxy) is 1. The summed E-state index contributed by atoms with van der Waals surface area (Å²) in [5, 5.41) is 0. The van der Waals surface area contributed by atoms with Gasteiger partial charge in [0.2, 0.25) is 0 Å². The van der Waals surface area contributed by atoms with Gasteiger partial charge in [-0.3, -0.25) is 0 Å². The molecule has 1 heterocycles. The van der Waals surface area contributed by atoms with Gasteiger partial charge in [0.1, 0.15) is 6.26 Å². The highest BCUT2D eigenvalue weighted by atomic mass is 19.3. The maximum absolute atomic E-state index is 11.8. The Labute approximate surface area is 66.1 Å². The summed E-state index contributed by atoms with van der Waals surface area (Å²) in [7, 11) is 1.12. The molecule has 0 bridgehead atoms. The number of carbonyl (C=O) groups is 1. The van der Waals surface area contributed by atoms with Crippen molar-refractivity contribution in [3.63, 3.8) is 0 Å². The van der Waals surface area contributed by atoms with Crippen molar-refractivity contribution in [2.75, 3.05) is 7.11 Å². The van der Waals surface area contributed by atoms with E-state index in [2.05, 4.69) is 14.1 Å². The molecular weight excluding hydrogens is 172 g/mol. The Kier molecular flexibility index (Phi) is 2.37. The topological polar surface area (TPSA) is 52.3 Å². The van der Waals surface area contributed by atoms with Crippen molar-refractivity contribution in [1.29, 1.82) is 0 Å². The molecular formula is C6H5F2NO3. The van der Waals surface area contributed by atoms with Gasteiger partial charge in [0.05, 0.1) is 7.11 Å². The zero-order chi connectivity index (χ0) is 9.14. The molecule has 6 heteroatoms. The van der Waals surface area contributed by atoms with Gasteiger partial charge in [0.25, 0.3) is 5.89 Å². The highest BCUT2D eigenvalue weighted by Crippen LogP contribution is 2.17. The zero-order valence-corrected chi connectivity index (χ0v) is 6.08. The molecule has 0 aromatic carbocycles. The summed E-state index contributed by atoms with van der Waals surface area (Å²) >= 11 is 0. The number of alkyl halides is 2. The number of aromatic nitrogens is 1. The second-order valence-corrected chi connectivity index (χ2v) is 1.86. The molecule has 0 fully saturated rings. The van der Waals surface area contributed by atoms with E-state index in [1.807, 2.05) is 0 Å². The SMILES string of the molecule is COC(=O)c1coc(C(F)F)n1. The van der Waals surface area contributed by atoms with Crippen LogP contribution in [0, 0.1) is 0 Å². The molecule has 0 amide bonds. The first-order valence-corrected chi connectivity index (χ1v) is 2.97. The molecule has 1 aromatic rings. The summed E-state index contributed by atoms with van der Waals surface area (Å²) in [6.07, 6.45) is -1.99. The second-order valence-electron chi connectivity index (χ2n) is 1.86. The Morgan fingerprint density at radius 2 is 2.42 bits per heavy atom. The summed E-state index contributed by atoms with van der Waals surface area (Å²) < 4.78 is 32.2. The minimum absolute atomic E-state index is 0.257. The normalized spacial score (nSPS) is 10.3. The molecule has 12 heavy (non-hydrogen) atoms. The number of nitrogens with zero attached hydrogens (tertiary/aromatic N) is 1. The summed E-state index contributed by atoms with van der Waals surface area (Å²) in [6, 6.07) is 0. The van der Waals surface area contributed by atoms with Crippen LogP contribution in [-0.2, 0) is 4.74 Å². The Balaban J connectivity index is 2.84. The van der Waals surface area contributed by atoms with E-state index in [0.29, 0.717) is 0 Å². The lowest BCUT2D eigenvalue weighted by atomic mass is 10.5. The van der Waals surface area contributed by atoms with Crippen LogP contribution in [0.2, 0.25) is 0 Å². The highest BCUT2D eigenvalue weighted by Gasteiger charge is 2.18. The quantitative estimate of drug-likeness (QED) is 0.640. The van der Waals surface area contributed by atoms with Crippen LogP contribution in [0.25, 0.3) is 0 Å². The van der Waals surface area contributed by atoms with Gasteiger partial charge in [-0.15, -0.1) is 0 Å². The predicted octanol–water partition coefficient (Wildman–Crippen LogP) is 1.40. The maximum Gasteiger partial charge on any atom is 0.360 e. The third-order valence-electron chi connectivity index (χ3n) is 1.10. The molecule has 0 radical (unpaired) electrons. The van der Waals surface area contributed by atoms with Gasteiger partial charge in [-0.05, 0) is 0 Å². The van der Waals surface area contributed by atoms with E-state index in [-0.39, 0.29) is 5.69 Å². The van der Waals surface area contributed by atoms with Crippen molar-refractivity contribution in [2.45, 2.75) is 6.43 Å². The average Bonchev–Trinajstić information content (AvgIpc) is 2.51. The van der Waals surface area contributed by atoms with Gasteiger partial charge in [0.15, 0.2) is 5.69 Å². The molecule has 1 aromatic heterocycles. The molecule has 0 saturated heterocycles. The molecule has 0 aliphatic heterocycles. The molecule has 0 atom stereocenters. The standard InChI is InChI=1S/C6H5F2NO3/c1-11-6(10)3-2-12-5(9-3)4(7)8/h2,4H,1H3. The van der Waals surface area contributed by atoms with E-state index in [1.165, 1.54) is 0 Å². The largest absolute Gasteiger partial charge is 0.464 e. The lowest BCUT2D eigenvalue weighted by Crippen LogP contribution is -2.01. The van der Waals surface area contributed by atoms with Crippen LogP contribution in [-0.4, -0.2) is 18.1 Å². The van der Waals surface area contributed by atoms with E-state index in [9.17, 15) is 13.6 Å². The van der Waals surface area contributed by atoms with Crippen LogP contribution in [0.3, 0.4) is 0 Å². The number of oxazole rings is 1. The number of hydrogen-bond acceptors (Lipinski definition) is 4. The fourth-order valence-electron chi connectivity index (χ4n) is 0.586. The molecule has 0 saturated carbocycles. The fourth-order valence-corrected chi connectivity index (χ4v) is 0.586. The van der Waals surface area contributed by atoms with Crippen molar-refractivity contribution in [3.05, 3.63) is 17.8 Å². The summed E-state index contributed by atoms with van der Waals surface area (Å²) in [6.45, 7) is 0. The molecule has 1 rings (SSSR count). The monoisotopic (exact) mass is 177 g/mol. The van der Waals surface area contributed by atoms with E-state index in [4.69, 9.17) is 0 Å². The maximum atomic E-state index is 11.8. The van der Waals surface area contributed by atoms with Gasteiger partial charge < -0.3 is 9.15 Å². The Hall–Kier alpha value is -1.46. The third kappa shape index (κ3) is 1.58. The van der Waals surface area contributed by atoms with E-state index < -0.39 is 18.3 Å². The third-order valence-corrected chi connectivity index (χ3v) is 1.10. The number of rotatable bonds is 2. The molecule has 0 spiro atoms. The van der Waals surface area contributed by atoms with E-state index in [0.717, 1.165) is 13.4 Å². The second kappa shape index (κ2) is 3.29. The van der Waals surface area contributed by atoms with Gasteiger partial charge in [0, 0.05) is 0 Å². The summed E-state index contributed by atoms with van der Waals surface area (Å²) in [4.78, 5) is 13.8. The Bertz CT molecular complexity index is 284. The molecule has 66 valence electrons. The van der Waals surface area contributed by atoms with Crippen LogP contribution in [0.4, 0.5) is 8.78 Å². The lowest BCUT2D eigenvalue weighted by molar-refractivity contribution is 0.0593. The number of halogens is 2. The summed E-state index contributed by atoms with van der Waals surface area (Å²) in [5.74, 6) is -1.58. The number of carbonyl (C=O) groups excluding carboxylic acids is 1. The molecule has 0 aliphatic carbocycles. The number of esters is 1. The van der Waals surface area contributed by atoms with Crippen molar-refractivity contribution in [1.82, 2.24) is 4.98 Å². The van der Waals surface area contributed by atoms with Crippen molar-refractivity contribution in [2.24, 2.45) is 0 Å². The molecule has 4 nitrogen and oxygen atoms in total. The van der Waals surface area contributed by atoms with Crippen LogP contribution >= 0.6 is 0 Å². The molecule has 0 N–H and O–H groups in total. The van der Waals surface area contributed by atoms with Crippen LogP contribution < -0.4 is 0 Å². The first-order valence-electron chi connectivity index (χ1n) is 2.97. The van der Waals surface area contributed by atoms with Gasteiger partial charge in [-0.25, -0.2) is 9.78 Å². The minimum Gasteiger partial charge on any atom is -0.464 e. The van der Waals surface area contributed by atoms with Gasteiger partial charge in [-0.1, -0.05) is 0 Å². The first-order chi connectivity index (χ1) is 5.65. The van der Waals surface area contributed by atoms with Crippen molar-refractivity contribution in [3.8, 4) is 0 Å². The minimum atomic E-state index is -2.82. The zero-order valence-electron chi connectivity index (χ0n) is 6.08.